The normalized spacial score (nSPS) is 19.9. The van der Waals surface area contributed by atoms with E-state index in [1.807, 2.05) is 19.9 Å². The first-order valence-corrected chi connectivity index (χ1v) is 9.13. The number of rotatable bonds is 5. The third-order valence-corrected chi connectivity index (χ3v) is 4.89. The Kier molecular flexibility index (Phi) is 5.32. The van der Waals surface area contributed by atoms with E-state index in [0.29, 0.717) is 24.2 Å². The van der Waals surface area contributed by atoms with Gasteiger partial charge in [-0.2, -0.15) is 4.98 Å². The lowest BCUT2D eigenvalue weighted by atomic mass is 9.99. The maximum Gasteiger partial charge on any atom is 0.252 e. The van der Waals surface area contributed by atoms with E-state index in [1.54, 1.807) is 4.52 Å². The third kappa shape index (κ3) is 4.34. The van der Waals surface area contributed by atoms with Crippen LogP contribution < -0.4 is 5.32 Å². The Morgan fingerprint density at radius 2 is 2.20 bits per heavy atom. The van der Waals surface area contributed by atoms with E-state index in [-0.39, 0.29) is 12.3 Å². The van der Waals surface area contributed by atoms with E-state index in [1.165, 1.54) is 12.8 Å². The summed E-state index contributed by atoms with van der Waals surface area (Å²) in [5.41, 5.74) is 1.87. The Bertz CT molecular complexity index is 755. The SMILES string of the molecule is Cc1cc(C)n2nc(CC(=O)NC[C@H](C)N3CCC[C@@H](C)C3)nc2n1. The Morgan fingerprint density at radius 3 is 2.96 bits per heavy atom. The summed E-state index contributed by atoms with van der Waals surface area (Å²) in [5.74, 6) is 1.77. The summed E-state index contributed by atoms with van der Waals surface area (Å²) in [4.78, 5) is 23.4. The molecule has 0 unspecified atom stereocenters. The van der Waals surface area contributed by atoms with Gasteiger partial charge in [0.25, 0.3) is 5.78 Å². The van der Waals surface area contributed by atoms with Crippen LogP contribution in [0.5, 0.6) is 0 Å². The molecule has 2 aromatic rings. The van der Waals surface area contributed by atoms with Crippen LogP contribution in [0.1, 0.15) is 43.9 Å². The van der Waals surface area contributed by atoms with Gasteiger partial charge in [0.15, 0.2) is 5.82 Å². The molecule has 1 N–H and O–H groups in total. The Balaban J connectivity index is 1.55. The number of nitrogens with zero attached hydrogens (tertiary/aromatic N) is 5. The van der Waals surface area contributed by atoms with Gasteiger partial charge in [-0.3, -0.25) is 9.69 Å². The van der Waals surface area contributed by atoms with Crippen LogP contribution >= 0.6 is 0 Å². The lowest BCUT2D eigenvalue weighted by Crippen LogP contribution is -2.46. The number of hydrogen-bond acceptors (Lipinski definition) is 5. The van der Waals surface area contributed by atoms with Crippen molar-refractivity contribution in [1.29, 1.82) is 0 Å². The summed E-state index contributed by atoms with van der Waals surface area (Å²) in [6.07, 6.45) is 2.74. The molecule has 3 rings (SSSR count). The second-order valence-corrected chi connectivity index (χ2v) is 7.35. The maximum atomic E-state index is 12.3. The molecule has 7 nitrogen and oxygen atoms in total. The molecule has 0 aromatic carbocycles. The molecule has 7 heteroatoms. The minimum atomic E-state index is -0.0396. The molecule has 0 saturated carbocycles. The first-order valence-electron chi connectivity index (χ1n) is 9.13. The molecule has 2 atom stereocenters. The van der Waals surface area contributed by atoms with Crippen LogP contribution in [-0.2, 0) is 11.2 Å². The molecule has 3 heterocycles. The number of hydrogen-bond donors (Lipinski definition) is 1. The standard InChI is InChI=1S/C18H28N6O/c1-12-6-5-7-23(11-12)15(4)10-19-17(25)9-16-21-18-20-13(2)8-14(3)24(18)22-16/h8,12,15H,5-7,9-11H2,1-4H3,(H,19,25)/t12-,15+/m1/s1. The van der Waals surface area contributed by atoms with Gasteiger partial charge >= 0.3 is 0 Å². The second kappa shape index (κ2) is 7.47. The molecule has 1 saturated heterocycles. The van der Waals surface area contributed by atoms with Crippen molar-refractivity contribution in [2.24, 2.45) is 5.92 Å². The number of amides is 1. The molecule has 25 heavy (non-hydrogen) atoms. The number of fused-ring (bicyclic) bond motifs is 1. The van der Waals surface area contributed by atoms with E-state index < -0.39 is 0 Å². The monoisotopic (exact) mass is 344 g/mol. The molecule has 2 aromatic heterocycles. The molecule has 0 aliphatic carbocycles. The zero-order valence-electron chi connectivity index (χ0n) is 15.6. The van der Waals surface area contributed by atoms with Gasteiger partial charge in [0.05, 0.1) is 6.42 Å². The topological polar surface area (TPSA) is 75.4 Å². The molecule has 0 spiro atoms. The third-order valence-electron chi connectivity index (χ3n) is 4.89. The van der Waals surface area contributed by atoms with Gasteiger partial charge in [-0.1, -0.05) is 6.92 Å². The highest BCUT2D eigenvalue weighted by atomic mass is 16.1. The zero-order valence-corrected chi connectivity index (χ0v) is 15.6. The van der Waals surface area contributed by atoms with Crippen molar-refractivity contribution >= 4 is 11.7 Å². The van der Waals surface area contributed by atoms with Gasteiger partial charge in [-0.25, -0.2) is 9.50 Å². The van der Waals surface area contributed by atoms with Crippen molar-refractivity contribution in [3.8, 4) is 0 Å². The maximum absolute atomic E-state index is 12.3. The molecule has 1 fully saturated rings. The average molecular weight is 344 g/mol. The van der Waals surface area contributed by atoms with Gasteiger partial charge in [0, 0.05) is 30.5 Å². The van der Waals surface area contributed by atoms with Crippen LogP contribution in [0.3, 0.4) is 0 Å². The minimum Gasteiger partial charge on any atom is -0.354 e. The predicted molar refractivity (Wildman–Crippen MR) is 96.4 cm³/mol. The summed E-state index contributed by atoms with van der Waals surface area (Å²) in [6.45, 7) is 11.3. The van der Waals surface area contributed by atoms with Crippen LogP contribution in [0.4, 0.5) is 0 Å². The molecule has 1 aliphatic rings. The van der Waals surface area contributed by atoms with E-state index >= 15 is 0 Å². The number of aromatic nitrogens is 4. The summed E-state index contributed by atoms with van der Waals surface area (Å²) in [7, 11) is 0. The van der Waals surface area contributed by atoms with Crippen molar-refractivity contribution in [3.05, 3.63) is 23.3 Å². The van der Waals surface area contributed by atoms with E-state index in [2.05, 4.69) is 39.1 Å². The number of carbonyl (C=O) groups excluding carboxylic acids is 1. The van der Waals surface area contributed by atoms with Gasteiger partial charge in [0.2, 0.25) is 5.91 Å². The number of carbonyl (C=O) groups is 1. The van der Waals surface area contributed by atoms with E-state index in [0.717, 1.165) is 30.4 Å². The Morgan fingerprint density at radius 1 is 1.40 bits per heavy atom. The lowest BCUT2D eigenvalue weighted by molar-refractivity contribution is -0.120. The smallest absolute Gasteiger partial charge is 0.252 e. The zero-order chi connectivity index (χ0) is 18.0. The summed E-state index contributed by atoms with van der Waals surface area (Å²) in [6, 6.07) is 2.31. The first-order chi connectivity index (χ1) is 11.9. The molecular formula is C18H28N6O. The molecule has 136 valence electrons. The Labute approximate surface area is 148 Å². The van der Waals surface area contributed by atoms with Crippen molar-refractivity contribution in [2.45, 2.75) is 53.0 Å². The molecule has 1 aliphatic heterocycles. The van der Waals surface area contributed by atoms with Gasteiger partial charge in [-0.05, 0) is 52.1 Å². The molecule has 0 bridgehead atoms. The van der Waals surface area contributed by atoms with Gasteiger partial charge < -0.3 is 5.32 Å². The fourth-order valence-corrected chi connectivity index (χ4v) is 3.51. The van der Waals surface area contributed by atoms with Crippen molar-refractivity contribution in [2.75, 3.05) is 19.6 Å². The van der Waals surface area contributed by atoms with E-state index in [9.17, 15) is 4.79 Å². The highest BCUT2D eigenvalue weighted by molar-refractivity contribution is 5.77. The van der Waals surface area contributed by atoms with Crippen molar-refractivity contribution in [3.63, 3.8) is 0 Å². The molecule has 1 amide bonds. The summed E-state index contributed by atoms with van der Waals surface area (Å²) >= 11 is 0. The minimum absolute atomic E-state index is 0.0396. The van der Waals surface area contributed by atoms with Crippen LogP contribution in [0, 0.1) is 19.8 Å². The van der Waals surface area contributed by atoms with Gasteiger partial charge in [0.1, 0.15) is 0 Å². The first kappa shape index (κ1) is 17.8. The average Bonchev–Trinajstić information content (AvgIpc) is 2.95. The van der Waals surface area contributed by atoms with Crippen LogP contribution in [-0.4, -0.2) is 56.1 Å². The second-order valence-electron chi connectivity index (χ2n) is 7.35. The van der Waals surface area contributed by atoms with Crippen molar-refractivity contribution in [1.82, 2.24) is 29.8 Å². The number of piperidine rings is 1. The fourth-order valence-electron chi connectivity index (χ4n) is 3.51. The van der Waals surface area contributed by atoms with Crippen LogP contribution in [0.25, 0.3) is 5.78 Å². The van der Waals surface area contributed by atoms with Gasteiger partial charge in [-0.15, -0.1) is 5.10 Å². The fraction of sp³-hybridized carbons (Fsp3) is 0.667. The van der Waals surface area contributed by atoms with Crippen LogP contribution in [0.15, 0.2) is 6.07 Å². The van der Waals surface area contributed by atoms with Crippen LogP contribution in [0.2, 0.25) is 0 Å². The highest BCUT2D eigenvalue weighted by Crippen LogP contribution is 2.17. The lowest BCUT2D eigenvalue weighted by Gasteiger charge is -2.35. The number of aryl methyl sites for hydroxylation is 2. The Hall–Kier alpha value is -2.02. The van der Waals surface area contributed by atoms with E-state index in [4.69, 9.17) is 0 Å². The molecular weight excluding hydrogens is 316 g/mol. The molecule has 0 radical (unpaired) electrons. The van der Waals surface area contributed by atoms with Crippen molar-refractivity contribution < 1.29 is 4.79 Å². The highest BCUT2D eigenvalue weighted by Gasteiger charge is 2.21. The summed E-state index contributed by atoms with van der Waals surface area (Å²) in [5, 5.41) is 7.42. The quantitative estimate of drug-likeness (QED) is 0.890. The number of likely N-dealkylation sites (tertiary alicyclic amines) is 1. The predicted octanol–water partition coefficient (Wildman–Crippen LogP) is 1.52. The number of nitrogens with one attached hydrogen (secondary N) is 1. The largest absolute Gasteiger partial charge is 0.354 e. The summed E-state index contributed by atoms with van der Waals surface area (Å²) < 4.78 is 1.69.